The average Bonchev–Trinajstić information content (AvgIpc) is 2.39. The van der Waals surface area contributed by atoms with Crippen molar-refractivity contribution in [1.82, 2.24) is 0 Å². The topological polar surface area (TPSA) is 55.1 Å². The van der Waals surface area contributed by atoms with Crippen LogP contribution < -0.4 is 11.1 Å². The molecule has 2 aromatic carbocycles. The Labute approximate surface area is 134 Å². The summed E-state index contributed by atoms with van der Waals surface area (Å²) in [4.78, 5) is 12.3. The molecule has 0 heterocycles. The van der Waals surface area contributed by atoms with Crippen LogP contribution in [0.4, 0.5) is 11.4 Å². The van der Waals surface area contributed by atoms with Gasteiger partial charge in [0, 0.05) is 25.9 Å². The molecule has 0 fully saturated rings. The summed E-state index contributed by atoms with van der Waals surface area (Å²) < 4.78 is 1.79. The Kier molecular flexibility index (Phi) is 4.83. The molecule has 1 amide bonds. The van der Waals surface area contributed by atoms with Crippen LogP contribution in [0.3, 0.4) is 0 Å². The maximum Gasteiger partial charge on any atom is 0.255 e. The first kappa shape index (κ1) is 15.1. The standard InChI is InChI=1S/C15H14Br2N2O/c1-2-9-5-11(16)3-4-14(9)19-15(20)10-6-12(17)8-13(18)7-10/h3-8H,2,18H2,1H3,(H,19,20). The highest BCUT2D eigenvalue weighted by Crippen LogP contribution is 2.23. The molecule has 0 aliphatic rings. The van der Waals surface area contributed by atoms with E-state index in [1.807, 2.05) is 18.2 Å². The number of nitrogens with two attached hydrogens (primary N) is 1. The summed E-state index contributed by atoms with van der Waals surface area (Å²) in [7, 11) is 0. The van der Waals surface area contributed by atoms with Crippen LogP contribution in [0.15, 0.2) is 45.3 Å². The fraction of sp³-hybridized carbons (Fsp3) is 0.133. The van der Waals surface area contributed by atoms with Gasteiger partial charge in [0.1, 0.15) is 0 Å². The van der Waals surface area contributed by atoms with Crippen molar-refractivity contribution >= 4 is 49.1 Å². The van der Waals surface area contributed by atoms with Crippen LogP contribution in [0.1, 0.15) is 22.8 Å². The van der Waals surface area contributed by atoms with Crippen LogP contribution in [0.25, 0.3) is 0 Å². The summed E-state index contributed by atoms with van der Waals surface area (Å²) in [5.41, 5.74) is 8.73. The molecule has 0 aliphatic carbocycles. The Bertz CT molecular complexity index is 636. The van der Waals surface area contributed by atoms with Crippen molar-refractivity contribution in [3.63, 3.8) is 0 Å². The normalized spacial score (nSPS) is 10.3. The molecule has 5 heteroatoms. The Morgan fingerprint density at radius 2 is 1.90 bits per heavy atom. The van der Waals surface area contributed by atoms with Gasteiger partial charge in [0.15, 0.2) is 0 Å². The van der Waals surface area contributed by atoms with Gasteiger partial charge in [-0.05, 0) is 48.4 Å². The third-order valence-electron chi connectivity index (χ3n) is 2.88. The lowest BCUT2D eigenvalue weighted by molar-refractivity contribution is 0.102. The fourth-order valence-electron chi connectivity index (χ4n) is 1.91. The van der Waals surface area contributed by atoms with Crippen LogP contribution in [0, 0.1) is 0 Å². The lowest BCUT2D eigenvalue weighted by Gasteiger charge is -2.11. The van der Waals surface area contributed by atoms with Gasteiger partial charge in [-0.2, -0.15) is 0 Å². The van der Waals surface area contributed by atoms with Gasteiger partial charge in [-0.15, -0.1) is 0 Å². The van der Waals surface area contributed by atoms with Crippen molar-refractivity contribution in [1.29, 1.82) is 0 Å². The second-order valence-corrected chi connectivity index (χ2v) is 6.21. The molecule has 0 radical (unpaired) electrons. The SMILES string of the molecule is CCc1cc(Br)ccc1NC(=O)c1cc(N)cc(Br)c1. The molecule has 2 aromatic rings. The largest absolute Gasteiger partial charge is 0.399 e. The van der Waals surface area contributed by atoms with Gasteiger partial charge in [-0.3, -0.25) is 4.79 Å². The molecule has 20 heavy (non-hydrogen) atoms. The quantitative estimate of drug-likeness (QED) is 0.743. The summed E-state index contributed by atoms with van der Waals surface area (Å²) in [5.74, 6) is -0.171. The number of amides is 1. The number of anilines is 2. The van der Waals surface area contributed by atoms with Crippen LogP contribution >= 0.6 is 31.9 Å². The Morgan fingerprint density at radius 1 is 1.15 bits per heavy atom. The van der Waals surface area contributed by atoms with E-state index < -0.39 is 0 Å². The van der Waals surface area contributed by atoms with Gasteiger partial charge in [0.2, 0.25) is 0 Å². The molecule has 0 unspecified atom stereocenters. The molecule has 0 atom stereocenters. The van der Waals surface area contributed by atoms with Gasteiger partial charge in [-0.25, -0.2) is 0 Å². The zero-order valence-corrected chi connectivity index (χ0v) is 14.1. The summed E-state index contributed by atoms with van der Waals surface area (Å²) >= 11 is 6.77. The highest BCUT2D eigenvalue weighted by Gasteiger charge is 2.10. The second kappa shape index (κ2) is 6.41. The molecule has 0 aliphatic heterocycles. The minimum atomic E-state index is -0.171. The highest BCUT2D eigenvalue weighted by molar-refractivity contribution is 9.10. The third-order valence-corrected chi connectivity index (χ3v) is 3.83. The minimum absolute atomic E-state index is 0.171. The molecular formula is C15H14Br2N2O. The lowest BCUT2D eigenvalue weighted by atomic mass is 10.1. The van der Waals surface area contributed by atoms with E-state index in [1.165, 1.54) is 0 Å². The molecule has 3 nitrogen and oxygen atoms in total. The average molecular weight is 398 g/mol. The number of carbonyl (C=O) groups is 1. The van der Waals surface area contributed by atoms with E-state index >= 15 is 0 Å². The van der Waals surface area contributed by atoms with Crippen LogP contribution in [0.5, 0.6) is 0 Å². The second-order valence-electron chi connectivity index (χ2n) is 4.38. The number of nitrogen functional groups attached to an aromatic ring is 1. The van der Waals surface area contributed by atoms with E-state index in [-0.39, 0.29) is 5.91 Å². The molecule has 0 saturated heterocycles. The fourth-order valence-corrected chi connectivity index (χ4v) is 2.83. The number of rotatable bonds is 3. The van der Waals surface area contributed by atoms with Crippen LogP contribution in [0.2, 0.25) is 0 Å². The summed E-state index contributed by atoms with van der Waals surface area (Å²) in [6.07, 6.45) is 0.843. The first-order valence-corrected chi connectivity index (χ1v) is 7.74. The molecule has 0 saturated carbocycles. The lowest BCUT2D eigenvalue weighted by Crippen LogP contribution is -2.13. The zero-order valence-electron chi connectivity index (χ0n) is 10.9. The highest BCUT2D eigenvalue weighted by atomic mass is 79.9. The van der Waals surface area contributed by atoms with E-state index in [4.69, 9.17) is 5.73 Å². The Morgan fingerprint density at radius 3 is 2.55 bits per heavy atom. The van der Waals surface area contributed by atoms with Crippen LogP contribution in [-0.2, 0) is 6.42 Å². The van der Waals surface area contributed by atoms with Crippen molar-refractivity contribution in [3.05, 3.63) is 56.5 Å². The maximum atomic E-state index is 12.3. The van der Waals surface area contributed by atoms with Crippen molar-refractivity contribution in [2.45, 2.75) is 13.3 Å². The van der Waals surface area contributed by atoms with Gasteiger partial charge < -0.3 is 11.1 Å². The molecule has 104 valence electrons. The number of aryl methyl sites for hydroxylation is 1. The van der Waals surface area contributed by atoms with E-state index in [0.29, 0.717) is 11.3 Å². The van der Waals surface area contributed by atoms with Crippen molar-refractivity contribution < 1.29 is 4.79 Å². The zero-order chi connectivity index (χ0) is 14.7. The molecule has 2 rings (SSSR count). The van der Waals surface area contributed by atoms with Crippen molar-refractivity contribution in [2.24, 2.45) is 0 Å². The first-order chi connectivity index (χ1) is 9.49. The Balaban J connectivity index is 2.27. The molecule has 0 spiro atoms. The Hall–Kier alpha value is -1.33. The monoisotopic (exact) mass is 396 g/mol. The van der Waals surface area contributed by atoms with Gasteiger partial charge in [-0.1, -0.05) is 38.8 Å². The number of carbonyl (C=O) groups excluding carboxylic acids is 1. The smallest absolute Gasteiger partial charge is 0.255 e. The number of hydrogen-bond acceptors (Lipinski definition) is 2. The van der Waals surface area contributed by atoms with Gasteiger partial charge >= 0.3 is 0 Å². The third kappa shape index (κ3) is 3.61. The predicted octanol–water partition coefficient (Wildman–Crippen LogP) is 4.61. The summed E-state index contributed by atoms with van der Waals surface area (Å²) in [6.45, 7) is 2.05. The van der Waals surface area contributed by atoms with Crippen molar-refractivity contribution in [3.8, 4) is 0 Å². The molecule has 3 N–H and O–H groups in total. The van der Waals surface area contributed by atoms with E-state index in [0.717, 1.165) is 26.6 Å². The van der Waals surface area contributed by atoms with Crippen molar-refractivity contribution in [2.75, 3.05) is 11.1 Å². The predicted molar refractivity (Wildman–Crippen MR) is 90.0 cm³/mol. The van der Waals surface area contributed by atoms with E-state index in [1.54, 1.807) is 18.2 Å². The van der Waals surface area contributed by atoms with Gasteiger partial charge in [0.05, 0.1) is 0 Å². The maximum absolute atomic E-state index is 12.3. The van der Waals surface area contributed by atoms with E-state index in [9.17, 15) is 4.79 Å². The molecular weight excluding hydrogens is 384 g/mol. The number of hydrogen-bond donors (Lipinski definition) is 2. The summed E-state index contributed by atoms with van der Waals surface area (Å²) in [6, 6.07) is 11.0. The molecule has 0 bridgehead atoms. The molecule has 0 aromatic heterocycles. The number of nitrogens with one attached hydrogen (secondary N) is 1. The number of benzene rings is 2. The van der Waals surface area contributed by atoms with Crippen LogP contribution in [-0.4, -0.2) is 5.91 Å². The summed E-state index contributed by atoms with van der Waals surface area (Å²) in [5, 5.41) is 2.92. The van der Waals surface area contributed by atoms with E-state index in [2.05, 4.69) is 44.1 Å². The first-order valence-electron chi connectivity index (χ1n) is 6.15. The van der Waals surface area contributed by atoms with Gasteiger partial charge in [0.25, 0.3) is 5.91 Å². The minimum Gasteiger partial charge on any atom is -0.399 e. The number of halogens is 2.